The van der Waals surface area contributed by atoms with Crippen molar-refractivity contribution < 1.29 is 0 Å². The van der Waals surface area contributed by atoms with E-state index in [0.717, 1.165) is 11.4 Å². The van der Waals surface area contributed by atoms with Crippen molar-refractivity contribution >= 4 is 64.4 Å². The number of anilines is 2. The van der Waals surface area contributed by atoms with E-state index in [1.54, 1.807) is 0 Å². The third kappa shape index (κ3) is 3.77. The lowest BCUT2D eigenvalue weighted by Gasteiger charge is -2.13. The molecule has 0 fully saturated rings. The normalized spacial score (nSPS) is 11.5. The van der Waals surface area contributed by atoms with Crippen molar-refractivity contribution in [2.24, 2.45) is 0 Å². The van der Waals surface area contributed by atoms with Crippen LogP contribution in [-0.2, 0) is 0 Å². The Morgan fingerprint density at radius 3 is 1.82 bits per heavy atom. The van der Waals surface area contributed by atoms with E-state index in [-0.39, 0.29) is 0 Å². The SMILES string of the molecule is c1ccc(-c2cccc3cccc(-c4ccc(Nc5cccc6c5sc5c7ccccc7ccc65)cc4)c23)cc1. The smallest absolute Gasteiger partial charge is 0.0590 e. The van der Waals surface area contributed by atoms with E-state index < -0.39 is 0 Å². The Morgan fingerprint density at radius 2 is 1.02 bits per heavy atom. The summed E-state index contributed by atoms with van der Waals surface area (Å²) < 4.78 is 2.64. The van der Waals surface area contributed by atoms with Gasteiger partial charge in [0.1, 0.15) is 0 Å². The molecule has 0 atom stereocenters. The molecule has 2 heteroatoms. The van der Waals surface area contributed by atoms with Crippen molar-refractivity contribution in [2.75, 3.05) is 5.32 Å². The summed E-state index contributed by atoms with van der Waals surface area (Å²) in [4.78, 5) is 0. The number of benzene rings is 7. The van der Waals surface area contributed by atoms with Crippen molar-refractivity contribution in [3.63, 3.8) is 0 Å². The van der Waals surface area contributed by atoms with Crippen LogP contribution in [0.1, 0.15) is 0 Å². The molecule has 188 valence electrons. The third-order valence-corrected chi connectivity index (χ3v) is 9.14. The highest BCUT2D eigenvalue weighted by atomic mass is 32.1. The lowest BCUT2D eigenvalue weighted by atomic mass is 9.91. The molecule has 0 aliphatic heterocycles. The highest BCUT2D eigenvalue weighted by Crippen LogP contribution is 2.42. The van der Waals surface area contributed by atoms with Gasteiger partial charge in [0.25, 0.3) is 0 Å². The number of fused-ring (bicyclic) bond motifs is 6. The predicted octanol–water partition coefficient (Wildman–Crippen LogP) is 11.4. The van der Waals surface area contributed by atoms with Crippen LogP contribution in [-0.4, -0.2) is 0 Å². The summed E-state index contributed by atoms with van der Waals surface area (Å²) in [6, 6.07) is 52.5. The van der Waals surface area contributed by atoms with Gasteiger partial charge in [0.05, 0.1) is 10.4 Å². The van der Waals surface area contributed by atoms with Crippen molar-refractivity contribution in [3.8, 4) is 22.3 Å². The molecule has 0 aliphatic carbocycles. The zero-order valence-corrected chi connectivity index (χ0v) is 22.6. The minimum Gasteiger partial charge on any atom is -0.354 e. The summed E-state index contributed by atoms with van der Waals surface area (Å²) in [5.74, 6) is 0. The van der Waals surface area contributed by atoms with Crippen LogP contribution in [0.25, 0.3) is 64.0 Å². The second-order valence-electron chi connectivity index (χ2n) is 10.2. The molecular weight excluding hydrogens is 502 g/mol. The minimum atomic E-state index is 1.09. The lowest BCUT2D eigenvalue weighted by Crippen LogP contribution is -1.91. The van der Waals surface area contributed by atoms with Gasteiger partial charge < -0.3 is 5.32 Å². The fraction of sp³-hybridized carbons (Fsp3) is 0. The number of thiophene rings is 1. The van der Waals surface area contributed by atoms with Gasteiger partial charge in [-0.1, -0.05) is 127 Å². The highest BCUT2D eigenvalue weighted by Gasteiger charge is 2.13. The quantitative estimate of drug-likeness (QED) is 0.240. The molecule has 1 heterocycles. The van der Waals surface area contributed by atoms with Crippen LogP contribution in [0, 0.1) is 0 Å². The van der Waals surface area contributed by atoms with Crippen molar-refractivity contribution in [1.82, 2.24) is 0 Å². The first-order valence-electron chi connectivity index (χ1n) is 13.6. The molecule has 0 spiro atoms. The number of hydrogen-bond acceptors (Lipinski definition) is 2. The van der Waals surface area contributed by atoms with Crippen molar-refractivity contribution in [3.05, 3.63) is 146 Å². The molecule has 0 aliphatic rings. The van der Waals surface area contributed by atoms with Gasteiger partial charge in [0.15, 0.2) is 0 Å². The maximum absolute atomic E-state index is 3.72. The molecule has 0 unspecified atom stereocenters. The summed E-state index contributed by atoms with van der Waals surface area (Å²) in [6.07, 6.45) is 0. The fourth-order valence-corrected chi connectivity index (χ4v) is 7.26. The fourth-order valence-electron chi connectivity index (χ4n) is 5.95. The minimum absolute atomic E-state index is 1.09. The van der Waals surface area contributed by atoms with Gasteiger partial charge >= 0.3 is 0 Å². The predicted molar refractivity (Wildman–Crippen MR) is 175 cm³/mol. The van der Waals surface area contributed by atoms with E-state index in [1.807, 2.05) is 11.3 Å². The third-order valence-electron chi connectivity index (χ3n) is 7.85. The number of nitrogens with one attached hydrogen (secondary N) is 1. The van der Waals surface area contributed by atoms with Crippen LogP contribution in [0.15, 0.2) is 146 Å². The maximum Gasteiger partial charge on any atom is 0.0590 e. The van der Waals surface area contributed by atoms with Gasteiger partial charge in [0.2, 0.25) is 0 Å². The van der Waals surface area contributed by atoms with Gasteiger partial charge in [-0.2, -0.15) is 0 Å². The van der Waals surface area contributed by atoms with Gasteiger partial charge in [-0.15, -0.1) is 11.3 Å². The van der Waals surface area contributed by atoms with E-state index in [0.29, 0.717) is 0 Å². The molecule has 0 saturated heterocycles. The van der Waals surface area contributed by atoms with Crippen molar-refractivity contribution in [2.45, 2.75) is 0 Å². The molecule has 1 N–H and O–H groups in total. The first-order chi connectivity index (χ1) is 19.8. The average molecular weight is 528 g/mol. The summed E-state index contributed by atoms with van der Waals surface area (Å²) in [7, 11) is 0. The van der Waals surface area contributed by atoms with Crippen LogP contribution in [0.5, 0.6) is 0 Å². The molecule has 0 saturated carbocycles. The monoisotopic (exact) mass is 527 g/mol. The maximum atomic E-state index is 3.72. The molecule has 1 aromatic heterocycles. The van der Waals surface area contributed by atoms with Gasteiger partial charge in [0, 0.05) is 21.2 Å². The molecule has 0 radical (unpaired) electrons. The molecule has 0 amide bonds. The molecule has 1 nitrogen and oxygen atoms in total. The molecule has 40 heavy (non-hydrogen) atoms. The molecular formula is C38H25NS. The lowest BCUT2D eigenvalue weighted by molar-refractivity contribution is 1.58. The van der Waals surface area contributed by atoms with Crippen LogP contribution in [0.2, 0.25) is 0 Å². The molecule has 8 rings (SSSR count). The van der Waals surface area contributed by atoms with Crippen molar-refractivity contribution in [1.29, 1.82) is 0 Å². The Bertz CT molecular complexity index is 2170. The van der Waals surface area contributed by atoms with Gasteiger partial charge in [-0.3, -0.25) is 0 Å². The molecule has 8 aromatic rings. The van der Waals surface area contributed by atoms with E-state index in [1.165, 1.54) is 64.0 Å². The average Bonchev–Trinajstić information content (AvgIpc) is 3.42. The number of hydrogen-bond donors (Lipinski definition) is 1. The second kappa shape index (κ2) is 9.37. The topological polar surface area (TPSA) is 12.0 Å². The first-order valence-corrected chi connectivity index (χ1v) is 14.4. The Labute approximate surface area is 237 Å². The van der Waals surface area contributed by atoms with E-state index in [9.17, 15) is 0 Å². The van der Waals surface area contributed by atoms with Crippen LogP contribution in [0.4, 0.5) is 11.4 Å². The van der Waals surface area contributed by atoms with Gasteiger partial charge in [-0.05, 0) is 62.0 Å². The van der Waals surface area contributed by atoms with Crippen LogP contribution >= 0.6 is 11.3 Å². The summed E-state index contributed by atoms with van der Waals surface area (Å²) in [5.41, 5.74) is 7.20. The largest absolute Gasteiger partial charge is 0.354 e. The van der Waals surface area contributed by atoms with E-state index in [4.69, 9.17) is 0 Å². The Kier molecular flexibility index (Phi) is 5.39. The first kappa shape index (κ1) is 23.0. The second-order valence-corrected chi connectivity index (χ2v) is 11.2. The zero-order chi connectivity index (χ0) is 26.5. The Balaban J connectivity index is 1.19. The van der Waals surface area contributed by atoms with Crippen LogP contribution in [0.3, 0.4) is 0 Å². The van der Waals surface area contributed by atoms with E-state index >= 15 is 0 Å². The number of rotatable bonds is 4. The highest BCUT2D eigenvalue weighted by molar-refractivity contribution is 7.27. The summed E-state index contributed by atoms with van der Waals surface area (Å²) in [6.45, 7) is 0. The Hall–Kier alpha value is -4.92. The molecule has 0 bridgehead atoms. The van der Waals surface area contributed by atoms with Gasteiger partial charge in [-0.25, -0.2) is 0 Å². The molecule has 7 aromatic carbocycles. The van der Waals surface area contributed by atoms with E-state index in [2.05, 4.69) is 151 Å². The summed E-state index contributed by atoms with van der Waals surface area (Å²) in [5, 5.41) is 11.5. The standard InChI is InChI=1S/C38H25NS/c1-2-9-25(10-3-1)30-15-6-12-28-13-7-16-31(36(28)30)27-19-22-29(23-20-27)39-35-18-8-17-33-34-24-21-26-11-4-5-14-32(26)37(34)40-38(33)35/h1-24,39H. The zero-order valence-electron chi connectivity index (χ0n) is 21.8. The van der Waals surface area contributed by atoms with Crippen LogP contribution < -0.4 is 5.32 Å². The summed E-state index contributed by atoms with van der Waals surface area (Å²) >= 11 is 1.88. The Morgan fingerprint density at radius 1 is 0.400 bits per heavy atom.